The third-order valence-electron chi connectivity index (χ3n) is 3.76. The maximum atomic E-state index is 10.00. The zero-order chi connectivity index (χ0) is 13.1. The molecule has 0 radical (unpaired) electrons. The summed E-state index contributed by atoms with van der Waals surface area (Å²) in [6, 6.07) is 2.51. The number of aliphatic hydroxyl groups is 1. The van der Waals surface area contributed by atoms with Crippen molar-refractivity contribution in [3.63, 3.8) is 0 Å². The number of rotatable bonds is 4. The lowest BCUT2D eigenvalue weighted by atomic mass is 9.96. The molecule has 3 rings (SSSR count). The lowest BCUT2D eigenvalue weighted by molar-refractivity contribution is 0.167. The van der Waals surface area contributed by atoms with E-state index in [1.165, 1.54) is 38.4 Å². The van der Waals surface area contributed by atoms with Gasteiger partial charge in [-0.25, -0.2) is 4.98 Å². The third kappa shape index (κ3) is 2.84. The summed E-state index contributed by atoms with van der Waals surface area (Å²) >= 11 is 0. The zero-order valence-corrected chi connectivity index (χ0v) is 10.9. The zero-order valence-electron chi connectivity index (χ0n) is 10.9. The van der Waals surface area contributed by atoms with Gasteiger partial charge in [-0.2, -0.15) is 10.2 Å². The number of aromatic amines is 1. The summed E-state index contributed by atoms with van der Waals surface area (Å²) in [4.78, 5) is 3.96. The number of nitrogens with one attached hydrogen (secondary N) is 1. The average molecular weight is 261 g/mol. The van der Waals surface area contributed by atoms with Crippen LogP contribution in [-0.4, -0.2) is 30.1 Å². The first kappa shape index (κ1) is 12.3. The molecule has 0 spiro atoms. The summed E-state index contributed by atoms with van der Waals surface area (Å²) in [6.07, 6.45) is 9.58. The van der Waals surface area contributed by atoms with E-state index < -0.39 is 6.10 Å². The smallest absolute Gasteiger partial charge is 0.153 e. The monoisotopic (exact) mass is 261 g/mol. The van der Waals surface area contributed by atoms with Gasteiger partial charge in [0.05, 0.1) is 11.7 Å². The van der Waals surface area contributed by atoms with E-state index in [0.29, 0.717) is 18.3 Å². The fourth-order valence-electron chi connectivity index (χ4n) is 2.71. The third-order valence-corrected chi connectivity index (χ3v) is 3.76. The molecule has 102 valence electrons. The van der Waals surface area contributed by atoms with Crippen LogP contribution in [0.5, 0.6) is 0 Å². The fraction of sp³-hybridized carbons (Fsp3) is 0.615. The molecule has 0 aliphatic heterocycles. The number of hydrogen-bond donors (Lipinski definition) is 2. The minimum Gasteiger partial charge on any atom is -0.385 e. The van der Waals surface area contributed by atoms with Crippen molar-refractivity contribution in [2.45, 2.75) is 50.7 Å². The normalized spacial score (nSPS) is 18.6. The second-order valence-corrected chi connectivity index (χ2v) is 5.17. The molecule has 19 heavy (non-hydrogen) atoms. The number of aliphatic hydroxyl groups excluding tert-OH is 1. The lowest BCUT2D eigenvalue weighted by Gasteiger charge is -2.21. The van der Waals surface area contributed by atoms with Crippen LogP contribution in [0.2, 0.25) is 0 Å². The van der Waals surface area contributed by atoms with Gasteiger partial charge in [-0.15, -0.1) is 0 Å². The standard InChI is InChI=1S/C13H19N5O/c19-12(13-14-9-15-16-13)8-10-6-7-18(17-10)11-4-2-1-3-5-11/h6-7,9,11-12,19H,1-5,8H2,(H,14,15,16). The van der Waals surface area contributed by atoms with E-state index in [4.69, 9.17) is 0 Å². The van der Waals surface area contributed by atoms with Crippen molar-refractivity contribution in [1.82, 2.24) is 25.0 Å². The topological polar surface area (TPSA) is 79.6 Å². The van der Waals surface area contributed by atoms with Crippen LogP contribution in [0, 0.1) is 0 Å². The Morgan fingerprint density at radius 3 is 2.95 bits per heavy atom. The van der Waals surface area contributed by atoms with Crippen molar-refractivity contribution >= 4 is 0 Å². The Balaban J connectivity index is 1.64. The molecule has 2 aromatic heterocycles. The molecular weight excluding hydrogens is 242 g/mol. The Bertz CT molecular complexity index is 501. The van der Waals surface area contributed by atoms with E-state index in [0.717, 1.165) is 5.69 Å². The number of H-pyrrole nitrogens is 1. The predicted octanol–water partition coefficient (Wildman–Crippen LogP) is 1.78. The van der Waals surface area contributed by atoms with E-state index in [1.54, 1.807) is 0 Å². The first-order valence-electron chi connectivity index (χ1n) is 6.90. The van der Waals surface area contributed by atoms with Crippen LogP contribution in [0.4, 0.5) is 0 Å². The molecule has 0 aromatic carbocycles. The number of aromatic nitrogens is 5. The van der Waals surface area contributed by atoms with Crippen molar-refractivity contribution < 1.29 is 5.11 Å². The number of hydrogen-bond acceptors (Lipinski definition) is 4. The summed E-state index contributed by atoms with van der Waals surface area (Å²) in [5.41, 5.74) is 0.898. The van der Waals surface area contributed by atoms with E-state index in [-0.39, 0.29) is 0 Å². The van der Waals surface area contributed by atoms with Gasteiger partial charge < -0.3 is 5.11 Å². The van der Waals surface area contributed by atoms with Crippen molar-refractivity contribution in [1.29, 1.82) is 0 Å². The molecular formula is C13H19N5O. The summed E-state index contributed by atoms with van der Waals surface area (Å²) in [5, 5.41) is 21.0. The fourth-order valence-corrected chi connectivity index (χ4v) is 2.71. The van der Waals surface area contributed by atoms with Gasteiger partial charge in [0.15, 0.2) is 5.82 Å². The summed E-state index contributed by atoms with van der Waals surface area (Å²) in [5.74, 6) is 0.493. The van der Waals surface area contributed by atoms with Gasteiger partial charge in [-0.05, 0) is 18.9 Å². The molecule has 1 unspecified atom stereocenters. The van der Waals surface area contributed by atoms with Crippen molar-refractivity contribution in [2.75, 3.05) is 0 Å². The first-order chi connectivity index (χ1) is 9.33. The lowest BCUT2D eigenvalue weighted by Crippen LogP contribution is -2.14. The minimum absolute atomic E-state index is 0.467. The second-order valence-electron chi connectivity index (χ2n) is 5.17. The molecule has 1 aliphatic carbocycles. The van der Waals surface area contributed by atoms with Crippen LogP contribution >= 0.6 is 0 Å². The largest absolute Gasteiger partial charge is 0.385 e. The highest BCUT2D eigenvalue weighted by Crippen LogP contribution is 2.27. The van der Waals surface area contributed by atoms with Crippen LogP contribution in [0.1, 0.15) is 55.8 Å². The molecule has 0 amide bonds. The van der Waals surface area contributed by atoms with Crippen molar-refractivity contribution in [3.05, 3.63) is 30.1 Å². The highest BCUT2D eigenvalue weighted by molar-refractivity contribution is 5.04. The summed E-state index contributed by atoms with van der Waals surface area (Å²) in [6.45, 7) is 0. The van der Waals surface area contributed by atoms with Crippen LogP contribution in [0.3, 0.4) is 0 Å². The van der Waals surface area contributed by atoms with Gasteiger partial charge in [0.2, 0.25) is 0 Å². The maximum absolute atomic E-state index is 10.00. The van der Waals surface area contributed by atoms with Crippen molar-refractivity contribution in [3.8, 4) is 0 Å². The Kier molecular flexibility index (Phi) is 3.59. The highest BCUT2D eigenvalue weighted by Gasteiger charge is 2.18. The van der Waals surface area contributed by atoms with E-state index in [1.807, 2.05) is 12.3 Å². The Morgan fingerprint density at radius 2 is 2.21 bits per heavy atom. The van der Waals surface area contributed by atoms with Gasteiger partial charge in [-0.3, -0.25) is 9.78 Å². The second kappa shape index (κ2) is 5.52. The van der Waals surface area contributed by atoms with Crippen LogP contribution in [0.15, 0.2) is 18.6 Å². The van der Waals surface area contributed by atoms with Crippen LogP contribution in [-0.2, 0) is 6.42 Å². The molecule has 2 aromatic rings. The van der Waals surface area contributed by atoms with Crippen LogP contribution in [0.25, 0.3) is 0 Å². The first-order valence-corrected chi connectivity index (χ1v) is 6.90. The quantitative estimate of drug-likeness (QED) is 0.879. The molecule has 0 bridgehead atoms. The molecule has 6 heteroatoms. The molecule has 1 atom stereocenters. The SMILES string of the molecule is OC(Cc1ccn(C2CCCCC2)n1)c1ncn[nH]1. The van der Waals surface area contributed by atoms with E-state index in [2.05, 4.69) is 25.0 Å². The van der Waals surface area contributed by atoms with Crippen molar-refractivity contribution in [2.24, 2.45) is 0 Å². The predicted molar refractivity (Wildman–Crippen MR) is 69.4 cm³/mol. The Labute approximate surface area is 111 Å². The highest BCUT2D eigenvalue weighted by atomic mass is 16.3. The molecule has 6 nitrogen and oxygen atoms in total. The Morgan fingerprint density at radius 1 is 1.37 bits per heavy atom. The van der Waals surface area contributed by atoms with Gasteiger partial charge in [-0.1, -0.05) is 19.3 Å². The van der Waals surface area contributed by atoms with Gasteiger partial charge in [0.25, 0.3) is 0 Å². The summed E-state index contributed by atoms with van der Waals surface area (Å²) in [7, 11) is 0. The molecule has 1 saturated carbocycles. The van der Waals surface area contributed by atoms with Gasteiger partial charge in [0, 0.05) is 12.6 Å². The Hall–Kier alpha value is -1.69. The average Bonchev–Trinajstić information content (AvgIpc) is 3.11. The molecule has 2 N–H and O–H groups in total. The molecule has 2 heterocycles. The van der Waals surface area contributed by atoms with E-state index >= 15 is 0 Å². The minimum atomic E-state index is -0.669. The number of nitrogens with zero attached hydrogens (tertiary/aromatic N) is 4. The van der Waals surface area contributed by atoms with Gasteiger partial charge >= 0.3 is 0 Å². The molecule has 0 saturated heterocycles. The van der Waals surface area contributed by atoms with Gasteiger partial charge in [0.1, 0.15) is 12.4 Å². The molecule has 1 aliphatic rings. The van der Waals surface area contributed by atoms with Crippen LogP contribution < -0.4 is 0 Å². The maximum Gasteiger partial charge on any atom is 0.153 e. The van der Waals surface area contributed by atoms with E-state index in [9.17, 15) is 5.11 Å². The molecule has 1 fully saturated rings. The summed E-state index contributed by atoms with van der Waals surface area (Å²) < 4.78 is 2.06.